The molecule has 2 unspecified atom stereocenters. The Labute approximate surface area is 127 Å². The number of likely N-dealkylation sites (tertiary alicyclic amines) is 1. The Hall–Kier alpha value is -0.395. The third kappa shape index (κ3) is 2.14. The highest BCUT2D eigenvalue weighted by atomic mass is 32.1. The van der Waals surface area contributed by atoms with Crippen LogP contribution in [0.2, 0.25) is 13.1 Å². The number of hydrogen-bond acceptors (Lipinski definition) is 4. The predicted octanol–water partition coefficient (Wildman–Crippen LogP) is 0.529. The third-order valence-electron chi connectivity index (χ3n) is 5.65. The minimum atomic E-state index is 0.117. The van der Waals surface area contributed by atoms with Crippen molar-refractivity contribution in [3.63, 3.8) is 0 Å². The Morgan fingerprint density at radius 2 is 2.15 bits per heavy atom. The zero-order valence-corrected chi connectivity index (χ0v) is 13.1. The fraction of sp³-hybridized carbons (Fsp3) is 0.923. The smallest absolute Gasteiger partial charge is 0.195 e. The van der Waals surface area contributed by atoms with Crippen LogP contribution in [0.3, 0.4) is 0 Å². The molecule has 1 saturated carbocycles. The van der Waals surface area contributed by atoms with Crippen LogP contribution in [-0.4, -0.2) is 41.9 Å². The van der Waals surface area contributed by atoms with Crippen LogP contribution in [0.5, 0.6) is 0 Å². The molecule has 3 fully saturated rings. The Morgan fingerprint density at radius 3 is 2.75 bits per heavy atom. The van der Waals surface area contributed by atoms with Crippen molar-refractivity contribution in [2.45, 2.75) is 56.3 Å². The molecule has 0 aromatic carbocycles. The molecular formula is C13H25BN5S-. The molecule has 5 nitrogen and oxygen atoms in total. The van der Waals surface area contributed by atoms with Crippen molar-refractivity contribution >= 4 is 25.6 Å². The molecule has 2 aliphatic heterocycles. The monoisotopic (exact) mass is 294 g/mol. The Bertz CT molecular complexity index is 402. The van der Waals surface area contributed by atoms with Gasteiger partial charge in [0.25, 0.3) is 0 Å². The number of rotatable bonds is 4. The van der Waals surface area contributed by atoms with E-state index in [4.69, 9.17) is 24.0 Å². The second-order valence-corrected chi connectivity index (χ2v) is 7.21. The molecule has 2 heterocycles. The first-order valence-electron chi connectivity index (χ1n) is 7.79. The van der Waals surface area contributed by atoms with Crippen LogP contribution in [0, 0.1) is 11.3 Å². The van der Waals surface area contributed by atoms with E-state index in [9.17, 15) is 0 Å². The molecule has 0 radical (unpaired) electrons. The summed E-state index contributed by atoms with van der Waals surface area (Å²) in [6.07, 6.45) is 7.72. The van der Waals surface area contributed by atoms with Crippen LogP contribution in [0.4, 0.5) is 0 Å². The van der Waals surface area contributed by atoms with Gasteiger partial charge in [0.1, 0.15) is 0 Å². The van der Waals surface area contributed by atoms with Crippen molar-refractivity contribution in [2.24, 2.45) is 11.7 Å². The molecule has 112 valence electrons. The van der Waals surface area contributed by atoms with Crippen molar-refractivity contribution in [1.82, 2.24) is 14.8 Å². The van der Waals surface area contributed by atoms with E-state index in [1.54, 1.807) is 0 Å². The quantitative estimate of drug-likeness (QED) is 0.200. The van der Waals surface area contributed by atoms with Crippen molar-refractivity contribution in [1.29, 1.82) is 5.41 Å². The van der Waals surface area contributed by atoms with Crippen LogP contribution in [0.1, 0.15) is 32.1 Å². The van der Waals surface area contributed by atoms with Crippen LogP contribution in [0.15, 0.2) is 0 Å². The lowest BCUT2D eigenvalue weighted by atomic mass is 9.57. The van der Waals surface area contributed by atoms with Gasteiger partial charge in [-0.3, -0.25) is 10.7 Å². The van der Waals surface area contributed by atoms with Crippen molar-refractivity contribution in [3.05, 3.63) is 0 Å². The molecule has 7 heteroatoms. The zero-order chi connectivity index (χ0) is 14.4. The standard InChI is InChI=1S/C13H25BN5S/c1-14(18-20)7-12-8-19(11(15)16)9-13(12,17-12)10-5-3-2-4-6-10/h10,17-18H,2-9H2,1H3,(H3,15,16)/q-1. The minimum absolute atomic E-state index is 0.117. The second kappa shape index (κ2) is 5.11. The number of nitrogens with one attached hydrogen (secondary N) is 3. The van der Waals surface area contributed by atoms with Gasteiger partial charge in [-0.05, 0) is 25.1 Å². The summed E-state index contributed by atoms with van der Waals surface area (Å²) < 4.78 is 2.95. The summed E-state index contributed by atoms with van der Waals surface area (Å²) in [6.45, 7) is 4.22. The van der Waals surface area contributed by atoms with Crippen LogP contribution < -0.4 is 15.7 Å². The van der Waals surface area contributed by atoms with Gasteiger partial charge in [0.05, 0.1) is 11.1 Å². The molecule has 0 aromatic heterocycles. The first-order chi connectivity index (χ1) is 9.53. The van der Waals surface area contributed by atoms with Gasteiger partial charge < -0.3 is 28.1 Å². The zero-order valence-electron chi connectivity index (χ0n) is 12.2. The van der Waals surface area contributed by atoms with Crippen molar-refractivity contribution in [2.75, 3.05) is 13.1 Å². The highest BCUT2D eigenvalue weighted by molar-refractivity contribution is 7.58. The van der Waals surface area contributed by atoms with E-state index in [1.165, 1.54) is 32.1 Å². The van der Waals surface area contributed by atoms with Gasteiger partial charge in [-0.2, -0.15) is 0 Å². The molecule has 3 rings (SSSR count). The summed E-state index contributed by atoms with van der Waals surface area (Å²) >= 11 is 4.99. The van der Waals surface area contributed by atoms with Gasteiger partial charge >= 0.3 is 0 Å². The highest BCUT2D eigenvalue weighted by Gasteiger charge is 2.74. The molecule has 2 atom stereocenters. The maximum atomic E-state index is 7.76. The van der Waals surface area contributed by atoms with Gasteiger partial charge in [-0.25, -0.2) is 0 Å². The largest absolute Gasteiger partial charge is 0.720 e. The number of hydrogen-bond donors (Lipinski definition) is 4. The van der Waals surface area contributed by atoms with Crippen LogP contribution in [0.25, 0.3) is 0 Å². The lowest BCUT2D eigenvalue weighted by Gasteiger charge is -2.30. The Morgan fingerprint density at radius 1 is 1.45 bits per heavy atom. The van der Waals surface area contributed by atoms with Crippen LogP contribution in [-0.2, 0) is 12.8 Å². The van der Waals surface area contributed by atoms with Crippen LogP contribution >= 0.6 is 0 Å². The van der Waals surface area contributed by atoms with Gasteiger partial charge in [0.2, 0.25) is 0 Å². The molecule has 0 aromatic rings. The number of fused-ring (bicyclic) bond motifs is 1. The number of nitrogens with two attached hydrogens (primary N) is 1. The summed E-state index contributed by atoms with van der Waals surface area (Å²) in [6, 6.07) is 0. The topological polar surface area (TPSA) is 87.1 Å². The Kier molecular flexibility index (Phi) is 3.71. The SMILES string of the molecule is CB(CC12CN(C(=N)N)CC1(C1CCCCC1)N2)N[S-]. The summed E-state index contributed by atoms with van der Waals surface area (Å²) in [4.78, 5) is 2.04. The molecule has 5 N–H and O–H groups in total. The first kappa shape index (κ1) is 14.5. The van der Waals surface area contributed by atoms with E-state index in [-0.39, 0.29) is 17.0 Å². The molecule has 1 aliphatic carbocycles. The first-order valence-corrected chi connectivity index (χ1v) is 8.20. The summed E-state index contributed by atoms with van der Waals surface area (Å²) in [5.74, 6) is 0.950. The van der Waals surface area contributed by atoms with E-state index >= 15 is 0 Å². The fourth-order valence-corrected chi connectivity index (χ4v) is 4.78. The lowest BCUT2D eigenvalue weighted by molar-refractivity contribution is 0.264. The molecule has 20 heavy (non-hydrogen) atoms. The Balaban J connectivity index is 1.79. The molecular weight excluding hydrogens is 269 g/mol. The van der Waals surface area contributed by atoms with Gasteiger partial charge in [-0.15, -0.1) is 0 Å². The maximum Gasteiger partial charge on any atom is 0.195 e. The summed E-state index contributed by atoms with van der Waals surface area (Å²) in [5, 5.41) is 11.6. The van der Waals surface area contributed by atoms with Crippen molar-refractivity contribution < 1.29 is 0 Å². The normalized spacial score (nSPS) is 36.8. The van der Waals surface area contributed by atoms with E-state index in [2.05, 4.69) is 16.8 Å². The molecule has 0 bridgehead atoms. The lowest BCUT2D eigenvalue weighted by Crippen LogP contribution is -2.43. The fourth-order valence-electron chi connectivity index (χ4n) is 4.70. The van der Waals surface area contributed by atoms with Gasteiger partial charge in [0, 0.05) is 13.1 Å². The number of nitrogens with zero attached hydrogens (tertiary/aromatic N) is 1. The van der Waals surface area contributed by atoms with Gasteiger partial charge in [0.15, 0.2) is 12.8 Å². The summed E-state index contributed by atoms with van der Waals surface area (Å²) in [7, 11) is 0. The average Bonchev–Trinajstić information content (AvgIpc) is 2.95. The third-order valence-corrected chi connectivity index (χ3v) is 6.06. The number of guanidine groups is 1. The maximum absolute atomic E-state index is 7.76. The van der Waals surface area contributed by atoms with E-state index < -0.39 is 0 Å². The van der Waals surface area contributed by atoms with E-state index in [1.807, 2.05) is 4.90 Å². The van der Waals surface area contributed by atoms with E-state index in [0.29, 0.717) is 6.85 Å². The van der Waals surface area contributed by atoms with Crippen molar-refractivity contribution in [3.8, 4) is 0 Å². The number of piperazine rings is 1. The average molecular weight is 294 g/mol. The highest BCUT2D eigenvalue weighted by Crippen LogP contribution is 2.56. The van der Waals surface area contributed by atoms with E-state index in [0.717, 1.165) is 25.3 Å². The predicted molar refractivity (Wildman–Crippen MR) is 85.6 cm³/mol. The molecule has 0 spiro atoms. The second-order valence-electron chi connectivity index (χ2n) is 6.98. The summed E-state index contributed by atoms with van der Waals surface area (Å²) in [5.41, 5.74) is 6.03. The minimum Gasteiger partial charge on any atom is -0.720 e. The molecule has 2 saturated heterocycles. The molecule has 3 aliphatic rings. The molecule has 0 amide bonds. The van der Waals surface area contributed by atoms with Gasteiger partial charge in [-0.1, -0.05) is 26.1 Å².